The molecule has 0 radical (unpaired) electrons. The van der Waals surface area contributed by atoms with Gasteiger partial charge in [0.2, 0.25) is 5.91 Å². The Morgan fingerprint density at radius 3 is 2.61 bits per heavy atom. The third-order valence-electron chi connectivity index (χ3n) is 7.14. The maximum absolute atomic E-state index is 13.2. The van der Waals surface area contributed by atoms with Crippen molar-refractivity contribution in [2.24, 2.45) is 11.8 Å². The van der Waals surface area contributed by atoms with Crippen LogP contribution in [0.3, 0.4) is 0 Å². The van der Waals surface area contributed by atoms with Gasteiger partial charge in [0, 0.05) is 29.4 Å². The Kier molecular flexibility index (Phi) is 5.99. The molecule has 3 unspecified atom stereocenters. The van der Waals surface area contributed by atoms with E-state index in [0.717, 1.165) is 29.6 Å². The molecule has 1 aliphatic carbocycles. The molecule has 4 rings (SSSR count). The van der Waals surface area contributed by atoms with Crippen LogP contribution in [0, 0.1) is 25.7 Å². The molecule has 1 aliphatic rings. The van der Waals surface area contributed by atoms with Crippen LogP contribution in [0.1, 0.15) is 50.1 Å². The van der Waals surface area contributed by atoms with E-state index in [2.05, 4.69) is 41.0 Å². The van der Waals surface area contributed by atoms with Gasteiger partial charge in [0.25, 0.3) is 5.56 Å². The predicted molar refractivity (Wildman–Crippen MR) is 123 cm³/mol. The fourth-order valence-corrected chi connectivity index (χ4v) is 4.93. The second kappa shape index (κ2) is 8.69. The molecular formula is C25H32N4O2. The molecule has 2 aromatic heterocycles. The molecule has 6 heteroatoms. The zero-order chi connectivity index (χ0) is 22.1. The van der Waals surface area contributed by atoms with Crippen LogP contribution in [-0.4, -0.2) is 26.3 Å². The van der Waals surface area contributed by atoms with Crippen LogP contribution in [0.4, 0.5) is 0 Å². The smallest absolute Gasteiger partial charge is 0.276 e. The number of hydrogen-bond acceptors (Lipinski definition) is 3. The van der Waals surface area contributed by atoms with Crippen molar-refractivity contribution in [3.63, 3.8) is 0 Å². The monoisotopic (exact) mass is 420 g/mol. The molecule has 1 fully saturated rings. The standard InChI is InChI=1S/C25H32N4O2/c1-16-9-8-12-22(17(16)2)27-23(30)15-29-25(31)24-19(4)28(18(3)21(24)13-26-29)14-20-10-6-5-7-11-20/h5-7,10-11,13,16-17,22H,8-9,12,14-15H2,1-4H3,(H,27,30). The molecular weight excluding hydrogens is 388 g/mol. The van der Waals surface area contributed by atoms with Gasteiger partial charge in [-0.3, -0.25) is 9.59 Å². The molecule has 0 aliphatic heterocycles. The van der Waals surface area contributed by atoms with E-state index in [1.54, 1.807) is 6.20 Å². The fourth-order valence-electron chi connectivity index (χ4n) is 4.93. The Labute approximate surface area is 183 Å². The Bertz CT molecular complexity index is 1150. The molecule has 1 amide bonds. The summed E-state index contributed by atoms with van der Waals surface area (Å²) in [5.74, 6) is 0.908. The number of rotatable bonds is 5. The number of carbonyl (C=O) groups excluding carboxylic acids is 1. The summed E-state index contributed by atoms with van der Waals surface area (Å²) in [6.07, 6.45) is 5.07. The van der Waals surface area contributed by atoms with E-state index in [-0.39, 0.29) is 24.1 Å². The summed E-state index contributed by atoms with van der Waals surface area (Å²) in [6, 6.07) is 10.4. The quantitative estimate of drug-likeness (QED) is 0.683. The average Bonchev–Trinajstić information content (AvgIpc) is 2.99. The molecule has 1 saturated carbocycles. The molecule has 6 nitrogen and oxygen atoms in total. The van der Waals surface area contributed by atoms with Crippen LogP contribution < -0.4 is 10.9 Å². The summed E-state index contributed by atoms with van der Waals surface area (Å²) in [7, 11) is 0. The van der Waals surface area contributed by atoms with Crippen molar-refractivity contribution < 1.29 is 4.79 Å². The lowest BCUT2D eigenvalue weighted by Crippen LogP contribution is -2.45. The van der Waals surface area contributed by atoms with E-state index >= 15 is 0 Å². The van der Waals surface area contributed by atoms with Gasteiger partial charge in [-0.05, 0) is 37.7 Å². The number of aryl methyl sites for hydroxylation is 2. The summed E-state index contributed by atoms with van der Waals surface area (Å²) in [5.41, 5.74) is 2.90. The highest BCUT2D eigenvalue weighted by molar-refractivity contribution is 5.87. The van der Waals surface area contributed by atoms with Gasteiger partial charge in [-0.15, -0.1) is 0 Å². The van der Waals surface area contributed by atoms with Crippen LogP contribution in [-0.2, 0) is 17.9 Å². The van der Waals surface area contributed by atoms with Crippen LogP contribution in [0.25, 0.3) is 10.8 Å². The Morgan fingerprint density at radius 1 is 1.13 bits per heavy atom. The van der Waals surface area contributed by atoms with Gasteiger partial charge in [-0.1, -0.05) is 57.0 Å². The van der Waals surface area contributed by atoms with Crippen molar-refractivity contribution in [3.05, 3.63) is 63.8 Å². The third kappa shape index (κ3) is 4.16. The number of fused-ring (bicyclic) bond motifs is 1. The molecule has 3 atom stereocenters. The maximum atomic E-state index is 13.2. The van der Waals surface area contributed by atoms with Gasteiger partial charge in [-0.2, -0.15) is 5.10 Å². The normalized spacial score (nSPS) is 21.4. The highest BCUT2D eigenvalue weighted by atomic mass is 16.2. The van der Waals surface area contributed by atoms with Crippen molar-refractivity contribution >= 4 is 16.7 Å². The number of nitrogens with one attached hydrogen (secondary N) is 1. The molecule has 1 aromatic carbocycles. The molecule has 3 aromatic rings. The number of aromatic nitrogens is 3. The zero-order valence-electron chi connectivity index (χ0n) is 18.9. The van der Waals surface area contributed by atoms with E-state index in [1.807, 2.05) is 32.0 Å². The van der Waals surface area contributed by atoms with Crippen LogP contribution in [0.15, 0.2) is 41.3 Å². The predicted octanol–water partition coefficient (Wildman–Crippen LogP) is 3.80. The SMILES string of the molecule is Cc1c2cnn(CC(=O)NC3CCCC(C)C3C)c(=O)c2c(C)n1Cc1ccccc1. The summed E-state index contributed by atoms with van der Waals surface area (Å²) >= 11 is 0. The highest BCUT2D eigenvalue weighted by Gasteiger charge is 2.28. The largest absolute Gasteiger partial charge is 0.351 e. The van der Waals surface area contributed by atoms with Crippen molar-refractivity contribution in [1.29, 1.82) is 0 Å². The first-order valence-electron chi connectivity index (χ1n) is 11.3. The first-order chi connectivity index (χ1) is 14.9. The molecule has 0 spiro atoms. The lowest BCUT2D eigenvalue weighted by molar-refractivity contribution is -0.123. The van der Waals surface area contributed by atoms with Crippen LogP contribution in [0.5, 0.6) is 0 Å². The molecule has 164 valence electrons. The molecule has 1 N–H and O–H groups in total. The third-order valence-corrected chi connectivity index (χ3v) is 7.14. The lowest BCUT2D eigenvalue weighted by Gasteiger charge is -2.34. The van der Waals surface area contributed by atoms with E-state index in [1.165, 1.54) is 16.7 Å². The minimum atomic E-state index is -0.204. The van der Waals surface area contributed by atoms with Crippen molar-refractivity contribution in [1.82, 2.24) is 19.7 Å². The minimum Gasteiger partial charge on any atom is -0.351 e. The van der Waals surface area contributed by atoms with Crippen molar-refractivity contribution in [3.8, 4) is 0 Å². The van der Waals surface area contributed by atoms with Gasteiger partial charge in [0.1, 0.15) is 6.54 Å². The van der Waals surface area contributed by atoms with E-state index in [9.17, 15) is 9.59 Å². The Morgan fingerprint density at radius 2 is 1.87 bits per heavy atom. The topological polar surface area (TPSA) is 68.9 Å². The summed E-state index contributed by atoms with van der Waals surface area (Å²) in [5, 5.41) is 8.97. The van der Waals surface area contributed by atoms with Gasteiger partial charge >= 0.3 is 0 Å². The molecule has 0 bridgehead atoms. The van der Waals surface area contributed by atoms with Crippen LogP contribution >= 0.6 is 0 Å². The van der Waals surface area contributed by atoms with E-state index in [4.69, 9.17) is 0 Å². The number of amides is 1. The van der Waals surface area contributed by atoms with Gasteiger partial charge < -0.3 is 9.88 Å². The maximum Gasteiger partial charge on any atom is 0.276 e. The number of nitrogens with zero attached hydrogens (tertiary/aromatic N) is 3. The van der Waals surface area contributed by atoms with Gasteiger partial charge in [0.15, 0.2) is 0 Å². The number of benzene rings is 1. The Balaban J connectivity index is 1.58. The summed E-state index contributed by atoms with van der Waals surface area (Å²) in [4.78, 5) is 25.9. The number of hydrogen-bond donors (Lipinski definition) is 1. The molecule has 2 heterocycles. The zero-order valence-corrected chi connectivity index (χ0v) is 18.9. The first kappa shape index (κ1) is 21.3. The molecule has 0 saturated heterocycles. The minimum absolute atomic E-state index is 0.0469. The van der Waals surface area contributed by atoms with Gasteiger partial charge in [0.05, 0.1) is 11.6 Å². The van der Waals surface area contributed by atoms with Gasteiger partial charge in [-0.25, -0.2) is 4.68 Å². The highest BCUT2D eigenvalue weighted by Crippen LogP contribution is 2.29. The number of carbonyl (C=O) groups is 1. The van der Waals surface area contributed by atoms with Crippen LogP contribution in [0.2, 0.25) is 0 Å². The average molecular weight is 421 g/mol. The second-order valence-electron chi connectivity index (χ2n) is 9.08. The van der Waals surface area contributed by atoms with E-state index in [0.29, 0.717) is 23.8 Å². The molecule has 31 heavy (non-hydrogen) atoms. The Hall–Kier alpha value is -2.89. The van der Waals surface area contributed by atoms with Crippen molar-refractivity contribution in [2.75, 3.05) is 0 Å². The van der Waals surface area contributed by atoms with Crippen molar-refractivity contribution in [2.45, 2.75) is 66.1 Å². The first-order valence-corrected chi connectivity index (χ1v) is 11.3. The summed E-state index contributed by atoms with van der Waals surface area (Å²) < 4.78 is 3.45. The summed E-state index contributed by atoms with van der Waals surface area (Å²) in [6.45, 7) is 9.08. The second-order valence-corrected chi connectivity index (χ2v) is 9.08. The van der Waals surface area contributed by atoms with E-state index < -0.39 is 0 Å². The lowest BCUT2D eigenvalue weighted by atomic mass is 9.78. The fraction of sp³-hybridized carbons (Fsp3) is 0.480.